The Morgan fingerprint density at radius 3 is 2.75 bits per heavy atom. The van der Waals surface area contributed by atoms with Crippen molar-refractivity contribution in [2.24, 2.45) is 11.8 Å². The molecule has 0 spiro atoms. The lowest BCUT2D eigenvalue weighted by molar-refractivity contribution is -0.129. The van der Waals surface area contributed by atoms with E-state index >= 15 is 0 Å². The number of pyridine rings is 1. The molecule has 128 valence electrons. The van der Waals surface area contributed by atoms with Crippen molar-refractivity contribution in [1.82, 2.24) is 15.2 Å². The average molecular weight is 329 g/mol. The highest BCUT2D eigenvalue weighted by Crippen LogP contribution is 2.38. The van der Waals surface area contributed by atoms with Crippen LogP contribution in [0.2, 0.25) is 0 Å². The van der Waals surface area contributed by atoms with Crippen LogP contribution in [0.15, 0.2) is 24.4 Å². The predicted octanol–water partition coefficient (Wildman–Crippen LogP) is 1.23. The average Bonchev–Trinajstić information content (AvgIpc) is 3.00. The summed E-state index contributed by atoms with van der Waals surface area (Å²) in [5.74, 6) is 0.633. The molecule has 0 aromatic carbocycles. The fourth-order valence-corrected chi connectivity index (χ4v) is 4.06. The molecule has 2 amide bonds. The monoisotopic (exact) mass is 329 g/mol. The molecule has 3 heterocycles. The van der Waals surface area contributed by atoms with Crippen molar-refractivity contribution in [2.45, 2.75) is 37.8 Å². The molecule has 1 N–H and O–H groups in total. The fraction of sp³-hybridized carbons (Fsp3) is 0.611. The summed E-state index contributed by atoms with van der Waals surface area (Å²) >= 11 is 0. The Kier molecular flexibility index (Phi) is 4.22. The molecule has 3 fully saturated rings. The van der Waals surface area contributed by atoms with E-state index in [0.29, 0.717) is 30.8 Å². The van der Waals surface area contributed by atoms with Gasteiger partial charge in [0.2, 0.25) is 5.91 Å². The summed E-state index contributed by atoms with van der Waals surface area (Å²) in [6.07, 6.45) is 5.46. The van der Waals surface area contributed by atoms with Crippen LogP contribution in [0.4, 0.5) is 0 Å². The highest BCUT2D eigenvalue weighted by Gasteiger charge is 2.46. The number of nitrogens with zero attached hydrogens (tertiary/aromatic N) is 2. The molecule has 1 aromatic heterocycles. The van der Waals surface area contributed by atoms with Gasteiger partial charge in [-0.05, 0) is 37.8 Å². The summed E-state index contributed by atoms with van der Waals surface area (Å²) in [6, 6.07) is 5.64. The van der Waals surface area contributed by atoms with Crippen molar-refractivity contribution in [1.29, 1.82) is 0 Å². The van der Waals surface area contributed by atoms with Gasteiger partial charge in [-0.15, -0.1) is 0 Å². The van der Waals surface area contributed by atoms with Crippen molar-refractivity contribution in [3.63, 3.8) is 0 Å². The van der Waals surface area contributed by atoms with E-state index < -0.39 is 0 Å². The lowest BCUT2D eigenvalue weighted by Crippen LogP contribution is -2.55. The molecule has 0 bridgehead atoms. The van der Waals surface area contributed by atoms with E-state index in [1.807, 2.05) is 6.07 Å². The molecule has 0 unspecified atom stereocenters. The van der Waals surface area contributed by atoms with Gasteiger partial charge in [0, 0.05) is 43.8 Å². The Labute approximate surface area is 141 Å². The number of amides is 2. The standard InChI is InChI=1S/C18H23N3O3/c22-17(20-15-11-16-13(15)6-10-24-16)12-4-8-21(9-5-12)18(23)14-3-1-2-7-19-14/h1-3,7,12-13,15-16H,4-6,8-11H2,(H,20,22)/t13-,15+,16+/m0/s1. The van der Waals surface area contributed by atoms with Crippen molar-refractivity contribution in [3.05, 3.63) is 30.1 Å². The SMILES string of the molecule is O=C(N[C@@H]1C[C@H]2OCC[C@@H]12)C1CCN(C(=O)c2ccccn2)CC1. The zero-order valence-corrected chi connectivity index (χ0v) is 13.7. The molecule has 4 rings (SSSR count). The maximum atomic E-state index is 12.5. The largest absolute Gasteiger partial charge is 0.378 e. The summed E-state index contributed by atoms with van der Waals surface area (Å²) in [5.41, 5.74) is 0.474. The Balaban J connectivity index is 1.27. The van der Waals surface area contributed by atoms with Crippen molar-refractivity contribution < 1.29 is 14.3 Å². The Bertz CT molecular complexity index is 613. The van der Waals surface area contributed by atoms with Gasteiger partial charge >= 0.3 is 0 Å². The van der Waals surface area contributed by atoms with Crippen LogP contribution in [0, 0.1) is 11.8 Å². The van der Waals surface area contributed by atoms with E-state index in [-0.39, 0.29) is 23.8 Å². The lowest BCUT2D eigenvalue weighted by atomic mass is 9.76. The zero-order valence-electron chi connectivity index (χ0n) is 13.7. The molecule has 0 radical (unpaired) electrons. The van der Waals surface area contributed by atoms with Crippen molar-refractivity contribution in [3.8, 4) is 0 Å². The molecule has 24 heavy (non-hydrogen) atoms. The van der Waals surface area contributed by atoms with Gasteiger partial charge in [0.05, 0.1) is 6.10 Å². The molecule has 1 saturated carbocycles. The van der Waals surface area contributed by atoms with Gasteiger partial charge < -0.3 is 15.0 Å². The van der Waals surface area contributed by atoms with Crippen LogP contribution in [-0.4, -0.2) is 53.5 Å². The predicted molar refractivity (Wildman–Crippen MR) is 87.3 cm³/mol. The minimum Gasteiger partial charge on any atom is -0.378 e. The number of aromatic nitrogens is 1. The number of fused-ring (bicyclic) bond motifs is 1. The molecule has 1 aromatic rings. The summed E-state index contributed by atoms with van der Waals surface area (Å²) in [6.45, 7) is 2.07. The Hall–Kier alpha value is -1.95. The van der Waals surface area contributed by atoms with E-state index in [1.165, 1.54) is 0 Å². The number of nitrogens with one attached hydrogen (secondary N) is 1. The molecular weight excluding hydrogens is 306 g/mol. The van der Waals surface area contributed by atoms with Gasteiger partial charge in [-0.1, -0.05) is 6.07 Å². The third-order valence-corrected chi connectivity index (χ3v) is 5.63. The van der Waals surface area contributed by atoms with E-state index in [2.05, 4.69) is 10.3 Å². The maximum Gasteiger partial charge on any atom is 0.272 e. The molecular formula is C18H23N3O3. The normalized spacial score (nSPS) is 29.7. The van der Waals surface area contributed by atoms with Gasteiger partial charge in [0.25, 0.3) is 5.91 Å². The maximum absolute atomic E-state index is 12.5. The number of hydrogen-bond donors (Lipinski definition) is 1. The van der Waals surface area contributed by atoms with Crippen LogP contribution in [0.3, 0.4) is 0 Å². The number of carbonyl (C=O) groups excluding carboxylic acids is 2. The fourth-order valence-electron chi connectivity index (χ4n) is 4.06. The summed E-state index contributed by atoms with van der Waals surface area (Å²) in [4.78, 5) is 30.8. The van der Waals surface area contributed by atoms with Crippen LogP contribution in [0.1, 0.15) is 36.2 Å². The number of likely N-dealkylation sites (tertiary alicyclic amines) is 1. The summed E-state index contributed by atoms with van der Waals surface area (Å²) in [5, 5.41) is 3.20. The summed E-state index contributed by atoms with van der Waals surface area (Å²) in [7, 11) is 0. The topological polar surface area (TPSA) is 71.5 Å². The molecule has 2 aliphatic heterocycles. The smallest absolute Gasteiger partial charge is 0.272 e. The minimum absolute atomic E-state index is 0.0131. The molecule has 1 aliphatic carbocycles. The highest BCUT2D eigenvalue weighted by atomic mass is 16.5. The van der Waals surface area contributed by atoms with Crippen molar-refractivity contribution in [2.75, 3.05) is 19.7 Å². The second-order valence-electron chi connectivity index (χ2n) is 6.99. The van der Waals surface area contributed by atoms with Gasteiger partial charge in [-0.2, -0.15) is 0 Å². The molecule has 3 atom stereocenters. The van der Waals surface area contributed by atoms with Crippen LogP contribution in [0.5, 0.6) is 0 Å². The second-order valence-corrected chi connectivity index (χ2v) is 6.99. The zero-order chi connectivity index (χ0) is 16.5. The van der Waals surface area contributed by atoms with Crippen LogP contribution >= 0.6 is 0 Å². The third kappa shape index (κ3) is 2.90. The Morgan fingerprint density at radius 2 is 2.04 bits per heavy atom. The van der Waals surface area contributed by atoms with E-state index in [1.54, 1.807) is 23.2 Å². The van der Waals surface area contributed by atoms with Gasteiger partial charge in [-0.25, -0.2) is 0 Å². The number of piperidine rings is 1. The van der Waals surface area contributed by atoms with E-state index in [4.69, 9.17) is 4.74 Å². The van der Waals surface area contributed by atoms with Gasteiger partial charge in [0.1, 0.15) is 5.69 Å². The first kappa shape index (κ1) is 15.6. The first-order valence-electron chi connectivity index (χ1n) is 8.84. The molecule has 3 aliphatic rings. The summed E-state index contributed by atoms with van der Waals surface area (Å²) < 4.78 is 5.59. The van der Waals surface area contributed by atoms with E-state index in [0.717, 1.165) is 32.3 Å². The number of carbonyl (C=O) groups is 2. The van der Waals surface area contributed by atoms with Gasteiger partial charge in [-0.3, -0.25) is 14.6 Å². The first-order valence-corrected chi connectivity index (χ1v) is 8.84. The van der Waals surface area contributed by atoms with Crippen LogP contribution < -0.4 is 5.32 Å². The number of ether oxygens (including phenoxy) is 1. The Morgan fingerprint density at radius 1 is 1.21 bits per heavy atom. The van der Waals surface area contributed by atoms with Crippen molar-refractivity contribution >= 4 is 11.8 Å². The van der Waals surface area contributed by atoms with Crippen LogP contribution in [0.25, 0.3) is 0 Å². The van der Waals surface area contributed by atoms with Gasteiger partial charge in [0.15, 0.2) is 0 Å². The first-order chi connectivity index (χ1) is 11.7. The van der Waals surface area contributed by atoms with Crippen LogP contribution in [-0.2, 0) is 9.53 Å². The molecule has 6 nitrogen and oxygen atoms in total. The minimum atomic E-state index is -0.0422. The lowest BCUT2D eigenvalue weighted by Gasteiger charge is -2.40. The highest BCUT2D eigenvalue weighted by molar-refractivity contribution is 5.92. The third-order valence-electron chi connectivity index (χ3n) is 5.63. The molecule has 6 heteroatoms. The number of hydrogen-bond acceptors (Lipinski definition) is 4. The molecule has 2 saturated heterocycles. The number of rotatable bonds is 3. The van der Waals surface area contributed by atoms with E-state index in [9.17, 15) is 9.59 Å². The quantitative estimate of drug-likeness (QED) is 0.905. The second kappa shape index (κ2) is 6.51.